The Labute approximate surface area is 169 Å². The SMILES string of the molecule is Cn1nc(C(=O)NNC(=O)/C=C/c2cc(Cl)cc(Cl)c2)c2ccccc2c1=O. The minimum Gasteiger partial charge on any atom is -0.268 e. The van der Waals surface area contributed by atoms with Crippen LogP contribution in [0.5, 0.6) is 0 Å². The monoisotopic (exact) mass is 416 g/mol. The highest BCUT2D eigenvalue weighted by Crippen LogP contribution is 2.19. The first kappa shape index (κ1) is 19.6. The van der Waals surface area contributed by atoms with Crippen LogP contribution in [0.4, 0.5) is 0 Å². The number of aromatic nitrogens is 2. The van der Waals surface area contributed by atoms with Crippen molar-refractivity contribution in [2.24, 2.45) is 7.05 Å². The highest BCUT2D eigenvalue weighted by atomic mass is 35.5. The smallest absolute Gasteiger partial charge is 0.268 e. The van der Waals surface area contributed by atoms with Crippen LogP contribution < -0.4 is 16.4 Å². The first-order chi connectivity index (χ1) is 13.3. The van der Waals surface area contributed by atoms with E-state index in [2.05, 4.69) is 16.0 Å². The van der Waals surface area contributed by atoms with Crippen LogP contribution in [0.1, 0.15) is 16.1 Å². The van der Waals surface area contributed by atoms with Gasteiger partial charge in [0.05, 0.1) is 5.39 Å². The van der Waals surface area contributed by atoms with E-state index in [-0.39, 0.29) is 11.3 Å². The predicted octanol–water partition coefficient (Wildman–Crippen LogP) is 2.71. The minimum atomic E-state index is -0.653. The molecule has 0 aliphatic rings. The number of rotatable bonds is 3. The van der Waals surface area contributed by atoms with E-state index in [1.807, 2.05) is 0 Å². The maximum Gasteiger partial charge on any atom is 0.290 e. The Bertz CT molecular complexity index is 1150. The Morgan fingerprint density at radius 2 is 1.68 bits per heavy atom. The number of nitrogens with one attached hydrogen (secondary N) is 2. The second-order valence-electron chi connectivity index (χ2n) is 5.80. The first-order valence-corrected chi connectivity index (χ1v) is 8.81. The van der Waals surface area contributed by atoms with Crippen molar-refractivity contribution in [3.05, 3.63) is 80.2 Å². The lowest BCUT2D eigenvalue weighted by Crippen LogP contribution is -2.42. The van der Waals surface area contributed by atoms with Crippen LogP contribution in [0.2, 0.25) is 10.0 Å². The van der Waals surface area contributed by atoms with Crippen molar-refractivity contribution in [1.29, 1.82) is 0 Å². The minimum absolute atomic E-state index is 0.0172. The Balaban J connectivity index is 1.73. The fourth-order valence-electron chi connectivity index (χ4n) is 2.53. The molecule has 1 aromatic heterocycles. The number of carbonyl (C=O) groups excluding carboxylic acids is 2. The van der Waals surface area contributed by atoms with Crippen molar-refractivity contribution in [2.75, 3.05) is 0 Å². The standard InChI is InChI=1S/C19H14Cl2N4O3/c1-25-19(28)15-5-3-2-4-14(15)17(24-25)18(27)23-22-16(26)7-6-11-8-12(20)10-13(21)9-11/h2-10H,1H3,(H,22,26)(H,23,27)/b7-6+. The average Bonchev–Trinajstić information content (AvgIpc) is 2.66. The molecule has 28 heavy (non-hydrogen) atoms. The van der Waals surface area contributed by atoms with Gasteiger partial charge in [0.2, 0.25) is 0 Å². The number of nitrogens with zero attached hydrogens (tertiary/aromatic N) is 2. The van der Waals surface area contributed by atoms with E-state index in [4.69, 9.17) is 23.2 Å². The van der Waals surface area contributed by atoms with E-state index in [1.165, 1.54) is 19.2 Å². The van der Waals surface area contributed by atoms with Crippen LogP contribution in [0, 0.1) is 0 Å². The molecule has 0 fully saturated rings. The Hall–Kier alpha value is -3.16. The molecule has 0 atom stereocenters. The number of benzene rings is 2. The molecule has 0 spiro atoms. The fraction of sp³-hybridized carbons (Fsp3) is 0.0526. The topological polar surface area (TPSA) is 93.1 Å². The molecule has 9 heteroatoms. The molecule has 2 amide bonds. The van der Waals surface area contributed by atoms with Crippen LogP contribution in [0.15, 0.2) is 53.3 Å². The van der Waals surface area contributed by atoms with Gasteiger partial charge in [-0.3, -0.25) is 25.2 Å². The van der Waals surface area contributed by atoms with E-state index in [9.17, 15) is 14.4 Å². The van der Waals surface area contributed by atoms with Crippen molar-refractivity contribution in [3.8, 4) is 0 Å². The number of amides is 2. The van der Waals surface area contributed by atoms with Crippen molar-refractivity contribution in [2.45, 2.75) is 0 Å². The molecule has 0 unspecified atom stereocenters. The molecule has 3 rings (SSSR count). The molecule has 3 aromatic rings. The van der Waals surface area contributed by atoms with Crippen LogP contribution in [0.25, 0.3) is 16.8 Å². The number of carbonyl (C=O) groups is 2. The van der Waals surface area contributed by atoms with Crippen LogP contribution in [-0.2, 0) is 11.8 Å². The quantitative estimate of drug-likeness (QED) is 0.506. The van der Waals surface area contributed by atoms with Gasteiger partial charge in [-0.25, -0.2) is 4.68 Å². The van der Waals surface area contributed by atoms with Gasteiger partial charge in [-0.05, 0) is 35.9 Å². The van der Waals surface area contributed by atoms with Gasteiger partial charge in [0.25, 0.3) is 17.4 Å². The second-order valence-corrected chi connectivity index (χ2v) is 6.68. The molecule has 0 bridgehead atoms. The molecule has 0 saturated heterocycles. The maximum atomic E-state index is 12.4. The lowest BCUT2D eigenvalue weighted by molar-refractivity contribution is -0.117. The fourth-order valence-corrected chi connectivity index (χ4v) is 3.07. The predicted molar refractivity (Wildman–Crippen MR) is 108 cm³/mol. The van der Waals surface area contributed by atoms with E-state index >= 15 is 0 Å². The third-order valence-corrected chi connectivity index (χ3v) is 4.22. The van der Waals surface area contributed by atoms with Crippen molar-refractivity contribution < 1.29 is 9.59 Å². The van der Waals surface area contributed by atoms with Gasteiger partial charge in [-0.1, -0.05) is 41.4 Å². The summed E-state index contributed by atoms with van der Waals surface area (Å²) in [6, 6.07) is 11.5. The third-order valence-electron chi connectivity index (χ3n) is 3.78. The normalized spacial score (nSPS) is 11.0. The van der Waals surface area contributed by atoms with Crippen LogP contribution in [-0.4, -0.2) is 21.6 Å². The molecule has 2 N–H and O–H groups in total. The van der Waals surface area contributed by atoms with E-state index in [0.717, 1.165) is 4.68 Å². The third kappa shape index (κ3) is 4.39. The second kappa shape index (κ2) is 8.24. The number of halogens is 2. The van der Waals surface area contributed by atoms with E-state index in [0.29, 0.717) is 26.4 Å². The summed E-state index contributed by atoms with van der Waals surface area (Å²) >= 11 is 11.8. The number of hydrogen-bond donors (Lipinski definition) is 2. The van der Waals surface area contributed by atoms with Gasteiger partial charge in [0, 0.05) is 28.6 Å². The van der Waals surface area contributed by atoms with Crippen molar-refractivity contribution in [3.63, 3.8) is 0 Å². The summed E-state index contributed by atoms with van der Waals surface area (Å²) in [6.45, 7) is 0. The Kier molecular flexibility index (Phi) is 5.77. The molecule has 0 radical (unpaired) electrons. The number of fused-ring (bicyclic) bond motifs is 1. The zero-order chi connectivity index (χ0) is 20.3. The summed E-state index contributed by atoms with van der Waals surface area (Å²) in [5.41, 5.74) is 4.86. The van der Waals surface area contributed by atoms with Gasteiger partial charge in [0.1, 0.15) is 0 Å². The number of aryl methyl sites for hydroxylation is 1. The molecular weight excluding hydrogens is 403 g/mol. The lowest BCUT2D eigenvalue weighted by atomic mass is 10.1. The van der Waals surface area contributed by atoms with E-state index < -0.39 is 11.8 Å². The molecule has 0 aliphatic heterocycles. The molecule has 2 aromatic carbocycles. The zero-order valence-corrected chi connectivity index (χ0v) is 16.1. The summed E-state index contributed by atoms with van der Waals surface area (Å²) < 4.78 is 1.07. The summed E-state index contributed by atoms with van der Waals surface area (Å²) in [6.07, 6.45) is 2.72. The summed E-state index contributed by atoms with van der Waals surface area (Å²) in [7, 11) is 1.45. The molecular formula is C19H14Cl2N4O3. The molecule has 0 saturated carbocycles. The zero-order valence-electron chi connectivity index (χ0n) is 14.6. The van der Waals surface area contributed by atoms with Gasteiger partial charge in [-0.2, -0.15) is 5.10 Å². The van der Waals surface area contributed by atoms with Gasteiger partial charge in [-0.15, -0.1) is 0 Å². The highest BCUT2D eigenvalue weighted by molar-refractivity contribution is 6.34. The van der Waals surface area contributed by atoms with Gasteiger partial charge < -0.3 is 0 Å². The maximum absolute atomic E-state index is 12.4. The van der Waals surface area contributed by atoms with Gasteiger partial charge >= 0.3 is 0 Å². The Morgan fingerprint density at radius 3 is 2.36 bits per heavy atom. The lowest BCUT2D eigenvalue weighted by Gasteiger charge is -2.09. The number of hydrogen-bond acceptors (Lipinski definition) is 4. The van der Waals surface area contributed by atoms with Crippen LogP contribution >= 0.6 is 23.2 Å². The van der Waals surface area contributed by atoms with Gasteiger partial charge in [0.15, 0.2) is 5.69 Å². The Morgan fingerprint density at radius 1 is 1.04 bits per heavy atom. The molecule has 1 heterocycles. The number of hydrazine groups is 1. The molecule has 0 aliphatic carbocycles. The average molecular weight is 417 g/mol. The highest BCUT2D eigenvalue weighted by Gasteiger charge is 2.15. The largest absolute Gasteiger partial charge is 0.290 e. The summed E-state index contributed by atoms with van der Waals surface area (Å²) in [5, 5.41) is 5.61. The van der Waals surface area contributed by atoms with Crippen molar-refractivity contribution >= 4 is 51.9 Å². The summed E-state index contributed by atoms with van der Waals surface area (Å²) in [4.78, 5) is 36.5. The molecule has 142 valence electrons. The van der Waals surface area contributed by atoms with E-state index in [1.54, 1.807) is 42.5 Å². The summed E-state index contributed by atoms with van der Waals surface area (Å²) in [5.74, 6) is -1.22. The first-order valence-electron chi connectivity index (χ1n) is 8.05. The molecule has 7 nitrogen and oxygen atoms in total. The van der Waals surface area contributed by atoms with Crippen molar-refractivity contribution in [1.82, 2.24) is 20.6 Å². The van der Waals surface area contributed by atoms with Crippen LogP contribution in [0.3, 0.4) is 0 Å².